The lowest BCUT2D eigenvalue weighted by Crippen LogP contribution is -2.52. The molecule has 16 heavy (non-hydrogen) atoms. The molecule has 0 bridgehead atoms. The van der Waals surface area contributed by atoms with Gasteiger partial charge in [-0.15, -0.1) is 0 Å². The van der Waals surface area contributed by atoms with Gasteiger partial charge in [-0.3, -0.25) is 19.3 Å². The third-order valence-electron chi connectivity index (χ3n) is 3.00. The number of imide groups is 1. The van der Waals surface area contributed by atoms with Crippen molar-refractivity contribution in [3.8, 4) is 0 Å². The second-order valence-electron chi connectivity index (χ2n) is 5.17. The van der Waals surface area contributed by atoms with Crippen molar-refractivity contribution >= 4 is 17.6 Å². The fourth-order valence-corrected chi connectivity index (χ4v) is 2.06. The van der Waals surface area contributed by atoms with E-state index >= 15 is 0 Å². The number of likely N-dealkylation sites (tertiary alicyclic amines) is 1. The molecule has 0 aromatic carbocycles. The summed E-state index contributed by atoms with van der Waals surface area (Å²) in [7, 11) is 0. The molecule has 1 heterocycles. The maximum atomic E-state index is 11.8. The lowest BCUT2D eigenvalue weighted by atomic mass is 9.81. The van der Waals surface area contributed by atoms with Crippen molar-refractivity contribution in [3.05, 3.63) is 0 Å². The molecule has 2 amide bonds. The quantitative estimate of drug-likeness (QED) is 0.684. The van der Waals surface area contributed by atoms with E-state index in [1.807, 2.05) is 13.8 Å². The van der Waals surface area contributed by atoms with Gasteiger partial charge in [-0.25, -0.2) is 0 Å². The Labute approximate surface area is 96.0 Å². The molecule has 0 aromatic heterocycles. The highest BCUT2D eigenvalue weighted by atomic mass is 16.2. The Morgan fingerprint density at radius 3 is 2.12 bits per heavy atom. The first-order valence-electron chi connectivity index (χ1n) is 5.66. The Morgan fingerprint density at radius 2 is 1.75 bits per heavy atom. The molecule has 0 saturated carbocycles. The lowest BCUT2D eigenvalue weighted by molar-refractivity contribution is -0.157. The van der Waals surface area contributed by atoms with Crippen molar-refractivity contribution in [2.45, 2.75) is 53.0 Å². The van der Waals surface area contributed by atoms with Crippen molar-refractivity contribution in [2.75, 3.05) is 0 Å². The highest BCUT2D eigenvalue weighted by molar-refractivity contribution is 6.02. The summed E-state index contributed by atoms with van der Waals surface area (Å²) in [6.45, 7) is 7.15. The number of ketones is 1. The topological polar surface area (TPSA) is 54.5 Å². The van der Waals surface area contributed by atoms with Crippen LogP contribution in [-0.4, -0.2) is 28.5 Å². The summed E-state index contributed by atoms with van der Waals surface area (Å²) in [6, 6.07) is -0.610. The number of carbonyl (C=O) groups is 3. The van der Waals surface area contributed by atoms with E-state index in [-0.39, 0.29) is 23.0 Å². The van der Waals surface area contributed by atoms with Gasteiger partial charge in [-0.2, -0.15) is 0 Å². The van der Waals surface area contributed by atoms with Gasteiger partial charge in [0, 0.05) is 19.3 Å². The molecule has 1 atom stereocenters. The molecule has 1 fully saturated rings. The number of amides is 2. The van der Waals surface area contributed by atoms with Crippen LogP contribution in [0.1, 0.15) is 47.0 Å². The van der Waals surface area contributed by atoms with Gasteiger partial charge in [0.25, 0.3) is 0 Å². The monoisotopic (exact) mass is 225 g/mol. The molecule has 0 spiro atoms. The summed E-state index contributed by atoms with van der Waals surface area (Å²) in [5.41, 5.74) is -0.278. The van der Waals surface area contributed by atoms with Gasteiger partial charge in [0.05, 0.1) is 6.04 Å². The molecule has 1 saturated heterocycles. The zero-order valence-corrected chi connectivity index (χ0v) is 10.4. The zero-order chi connectivity index (χ0) is 12.5. The fraction of sp³-hybridized carbons (Fsp3) is 0.750. The van der Waals surface area contributed by atoms with Crippen molar-refractivity contribution in [1.82, 2.24) is 4.90 Å². The first-order chi connectivity index (χ1) is 7.28. The van der Waals surface area contributed by atoms with Gasteiger partial charge in [0.15, 0.2) is 5.78 Å². The SMILES string of the molecule is CCC(=O)C(C)N1C(=O)CC(C)(C)CC1=O. The molecular formula is C12H19NO3. The van der Waals surface area contributed by atoms with Crippen LogP contribution in [0.25, 0.3) is 0 Å². The van der Waals surface area contributed by atoms with Gasteiger partial charge in [-0.05, 0) is 12.3 Å². The third kappa shape index (κ3) is 2.49. The largest absolute Gasteiger partial charge is 0.297 e. The van der Waals surface area contributed by atoms with Crippen molar-refractivity contribution in [2.24, 2.45) is 5.41 Å². The van der Waals surface area contributed by atoms with Gasteiger partial charge in [-0.1, -0.05) is 20.8 Å². The average Bonchev–Trinajstić information content (AvgIpc) is 2.13. The van der Waals surface area contributed by atoms with Crippen molar-refractivity contribution in [3.63, 3.8) is 0 Å². The summed E-state index contributed by atoms with van der Waals surface area (Å²) in [5, 5.41) is 0. The molecule has 0 N–H and O–H groups in total. The average molecular weight is 225 g/mol. The van der Waals surface area contributed by atoms with Crippen LogP contribution in [0, 0.1) is 5.41 Å². The smallest absolute Gasteiger partial charge is 0.230 e. The number of nitrogens with zero attached hydrogens (tertiary/aromatic N) is 1. The number of hydrogen-bond acceptors (Lipinski definition) is 3. The highest BCUT2D eigenvalue weighted by Crippen LogP contribution is 2.32. The minimum Gasteiger partial charge on any atom is -0.297 e. The molecular weight excluding hydrogens is 206 g/mol. The predicted molar refractivity (Wildman–Crippen MR) is 59.6 cm³/mol. The molecule has 0 radical (unpaired) electrons. The minimum atomic E-state index is -0.610. The third-order valence-corrected chi connectivity index (χ3v) is 3.00. The van der Waals surface area contributed by atoms with Crippen LogP contribution in [0.15, 0.2) is 0 Å². The number of piperidine rings is 1. The van der Waals surface area contributed by atoms with Crippen LogP contribution >= 0.6 is 0 Å². The van der Waals surface area contributed by atoms with Crippen LogP contribution < -0.4 is 0 Å². The van der Waals surface area contributed by atoms with Gasteiger partial charge < -0.3 is 0 Å². The van der Waals surface area contributed by atoms with Crippen LogP contribution in [0.3, 0.4) is 0 Å². The summed E-state index contributed by atoms with van der Waals surface area (Å²) >= 11 is 0. The van der Waals surface area contributed by atoms with Crippen LogP contribution in [-0.2, 0) is 14.4 Å². The van der Waals surface area contributed by atoms with Gasteiger partial charge in [0.1, 0.15) is 0 Å². The summed E-state index contributed by atoms with van der Waals surface area (Å²) in [4.78, 5) is 36.3. The molecule has 0 aromatic rings. The number of Topliss-reactive ketones (excluding diaryl/α,β-unsaturated/α-hetero) is 1. The maximum Gasteiger partial charge on any atom is 0.230 e. The number of rotatable bonds is 3. The first kappa shape index (κ1) is 12.9. The summed E-state index contributed by atoms with van der Waals surface area (Å²) < 4.78 is 0. The van der Waals surface area contributed by atoms with E-state index in [4.69, 9.17) is 0 Å². The lowest BCUT2D eigenvalue weighted by Gasteiger charge is -2.37. The second kappa shape index (κ2) is 4.36. The van der Waals surface area contributed by atoms with E-state index in [0.717, 1.165) is 4.90 Å². The molecule has 4 nitrogen and oxygen atoms in total. The summed E-state index contributed by atoms with van der Waals surface area (Å²) in [5.74, 6) is -0.521. The van der Waals surface area contributed by atoms with E-state index in [2.05, 4.69) is 0 Å². The molecule has 0 aliphatic carbocycles. The van der Waals surface area contributed by atoms with Crippen molar-refractivity contribution in [1.29, 1.82) is 0 Å². The van der Waals surface area contributed by atoms with Gasteiger partial charge in [0.2, 0.25) is 11.8 Å². The van der Waals surface area contributed by atoms with E-state index in [1.165, 1.54) is 0 Å². The van der Waals surface area contributed by atoms with E-state index in [9.17, 15) is 14.4 Å². The van der Waals surface area contributed by atoms with Crippen LogP contribution in [0.4, 0.5) is 0 Å². The molecule has 4 heteroatoms. The maximum absolute atomic E-state index is 11.8. The molecule has 1 aliphatic rings. The van der Waals surface area contributed by atoms with Gasteiger partial charge >= 0.3 is 0 Å². The standard InChI is InChI=1S/C12H19NO3/c1-5-9(14)8(2)13-10(15)6-12(3,4)7-11(13)16/h8H,5-7H2,1-4H3. The van der Waals surface area contributed by atoms with Crippen LogP contribution in [0.2, 0.25) is 0 Å². The Kier molecular flexibility index (Phi) is 3.51. The Bertz CT molecular complexity index is 313. The second-order valence-corrected chi connectivity index (χ2v) is 5.17. The van der Waals surface area contributed by atoms with E-state index in [0.29, 0.717) is 19.3 Å². The Balaban J connectivity index is 2.87. The molecule has 1 unspecified atom stereocenters. The molecule has 1 aliphatic heterocycles. The fourth-order valence-electron chi connectivity index (χ4n) is 2.06. The number of hydrogen-bond donors (Lipinski definition) is 0. The number of carbonyl (C=O) groups excluding carboxylic acids is 3. The normalized spacial score (nSPS) is 22.1. The molecule has 90 valence electrons. The Morgan fingerprint density at radius 1 is 1.31 bits per heavy atom. The Hall–Kier alpha value is -1.19. The predicted octanol–water partition coefficient (Wildman–Crippen LogP) is 1.53. The first-order valence-corrected chi connectivity index (χ1v) is 5.66. The van der Waals surface area contributed by atoms with Crippen molar-refractivity contribution < 1.29 is 14.4 Å². The van der Waals surface area contributed by atoms with Crippen LogP contribution in [0.5, 0.6) is 0 Å². The zero-order valence-electron chi connectivity index (χ0n) is 10.4. The van der Waals surface area contributed by atoms with E-state index in [1.54, 1.807) is 13.8 Å². The highest BCUT2D eigenvalue weighted by Gasteiger charge is 2.40. The molecule has 1 rings (SSSR count). The summed E-state index contributed by atoms with van der Waals surface area (Å²) in [6.07, 6.45) is 1.02. The minimum absolute atomic E-state index is 0.0681. The van der Waals surface area contributed by atoms with E-state index < -0.39 is 6.04 Å².